The van der Waals surface area contributed by atoms with Gasteiger partial charge in [0.1, 0.15) is 0 Å². The van der Waals surface area contributed by atoms with E-state index in [2.05, 4.69) is 6.07 Å². The summed E-state index contributed by atoms with van der Waals surface area (Å²) in [6, 6.07) is 12.8. The molecular weight excluding hydrogens is 333 g/mol. The van der Waals surface area contributed by atoms with Crippen molar-refractivity contribution in [3.05, 3.63) is 57.6 Å². The maximum Gasteiger partial charge on any atom is 0.161 e. The van der Waals surface area contributed by atoms with Crippen LogP contribution in [0.15, 0.2) is 36.4 Å². The Morgan fingerprint density at radius 3 is 2.52 bits per heavy atom. The number of ether oxygens (including phenoxy) is 2. The van der Waals surface area contributed by atoms with Gasteiger partial charge in [0.25, 0.3) is 0 Å². The fourth-order valence-corrected chi connectivity index (χ4v) is 2.36. The van der Waals surface area contributed by atoms with Crippen molar-refractivity contribution in [2.24, 2.45) is 0 Å². The highest BCUT2D eigenvalue weighted by molar-refractivity contribution is 6.42. The fraction of sp³-hybridized carbons (Fsp3) is 0.167. The Balaban J connectivity index is 2.43. The smallest absolute Gasteiger partial charge is 0.161 e. The van der Waals surface area contributed by atoms with Crippen molar-refractivity contribution < 1.29 is 9.47 Å². The Kier molecular flexibility index (Phi) is 5.92. The van der Waals surface area contributed by atoms with E-state index in [4.69, 9.17) is 32.7 Å². The molecule has 0 heterocycles. The maximum atomic E-state index is 9.42. The van der Waals surface area contributed by atoms with E-state index in [1.165, 1.54) is 0 Å². The minimum Gasteiger partial charge on any atom is -0.493 e. The minimum atomic E-state index is 0.412. The Bertz CT molecular complexity index is 779. The highest BCUT2D eigenvalue weighted by atomic mass is 35.5. The van der Waals surface area contributed by atoms with Crippen molar-refractivity contribution in [2.75, 3.05) is 13.7 Å². The first-order valence-corrected chi connectivity index (χ1v) is 7.72. The van der Waals surface area contributed by atoms with E-state index >= 15 is 0 Å². The second-order valence-corrected chi connectivity index (χ2v) is 5.46. The van der Waals surface area contributed by atoms with Crippen LogP contribution in [0.5, 0.6) is 11.5 Å². The molecule has 5 heteroatoms. The molecule has 3 nitrogen and oxygen atoms in total. The number of hydrogen-bond donors (Lipinski definition) is 0. The summed E-state index contributed by atoms with van der Waals surface area (Å²) in [6.07, 6.45) is 1.77. The molecule has 0 atom stereocenters. The van der Waals surface area contributed by atoms with Crippen LogP contribution in [0.25, 0.3) is 11.6 Å². The van der Waals surface area contributed by atoms with Crippen LogP contribution in [0.4, 0.5) is 0 Å². The molecule has 0 radical (unpaired) electrons. The second-order valence-electron chi connectivity index (χ2n) is 4.64. The predicted octanol–water partition coefficient (Wildman–Crippen LogP) is 5.46. The summed E-state index contributed by atoms with van der Waals surface area (Å²) < 4.78 is 10.8. The van der Waals surface area contributed by atoms with Gasteiger partial charge >= 0.3 is 0 Å². The molecule has 0 saturated heterocycles. The standard InChI is InChI=1S/C18H15Cl2NO2/c1-3-23-18-9-12(4-7-17(18)22-2)8-14(11-21)13-5-6-15(19)16(20)10-13/h4-10H,3H2,1-2H3/b14-8-. The molecule has 0 aliphatic rings. The fourth-order valence-electron chi connectivity index (χ4n) is 2.06. The summed E-state index contributed by atoms with van der Waals surface area (Å²) in [5.41, 5.74) is 2.02. The molecule has 0 amide bonds. The van der Waals surface area contributed by atoms with Gasteiger partial charge in [-0.3, -0.25) is 0 Å². The molecule has 0 unspecified atom stereocenters. The number of benzene rings is 2. The Morgan fingerprint density at radius 2 is 1.91 bits per heavy atom. The molecule has 0 spiro atoms. The third-order valence-corrected chi connectivity index (χ3v) is 3.89. The summed E-state index contributed by atoms with van der Waals surface area (Å²) in [4.78, 5) is 0. The van der Waals surface area contributed by atoms with Crippen molar-refractivity contribution in [3.63, 3.8) is 0 Å². The van der Waals surface area contributed by atoms with Crippen LogP contribution in [-0.2, 0) is 0 Å². The maximum absolute atomic E-state index is 9.42. The Morgan fingerprint density at radius 1 is 1.13 bits per heavy atom. The highest BCUT2D eigenvalue weighted by Crippen LogP contribution is 2.31. The molecule has 23 heavy (non-hydrogen) atoms. The van der Waals surface area contributed by atoms with E-state index in [0.29, 0.717) is 39.3 Å². The van der Waals surface area contributed by atoms with E-state index in [9.17, 15) is 5.26 Å². The van der Waals surface area contributed by atoms with Crippen LogP contribution in [0.3, 0.4) is 0 Å². The average molecular weight is 348 g/mol. The first-order chi connectivity index (χ1) is 11.1. The Labute approximate surface area is 145 Å². The van der Waals surface area contributed by atoms with Crippen molar-refractivity contribution in [1.29, 1.82) is 5.26 Å². The van der Waals surface area contributed by atoms with Gasteiger partial charge in [0.2, 0.25) is 0 Å². The minimum absolute atomic E-state index is 0.412. The number of methoxy groups -OCH3 is 1. The number of halogens is 2. The van der Waals surface area contributed by atoms with Gasteiger partial charge in [0.15, 0.2) is 11.5 Å². The van der Waals surface area contributed by atoms with Gasteiger partial charge < -0.3 is 9.47 Å². The van der Waals surface area contributed by atoms with Crippen LogP contribution in [0, 0.1) is 11.3 Å². The summed E-state index contributed by atoms with van der Waals surface area (Å²) in [5, 5.41) is 10.3. The van der Waals surface area contributed by atoms with Gasteiger partial charge in [-0.1, -0.05) is 35.3 Å². The van der Waals surface area contributed by atoms with Crippen LogP contribution in [0.1, 0.15) is 18.1 Å². The number of allylic oxidation sites excluding steroid dienone is 1. The lowest BCUT2D eigenvalue weighted by molar-refractivity contribution is 0.311. The number of nitriles is 1. The number of rotatable bonds is 5. The molecule has 0 aliphatic carbocycles. The second kappa shape index (κ2) is 7.92. The number of hydrogen-bond acceptors (Lipinski definition) is 3. The summed E-state index contributed by atoms with van der Waals surface area (Å²) in [6.45, 7) is 2.43. The third-order valence-electron chi connectivity index (χ3n) is 3.15. The van der Waals surface area contributed by atoms with Crippen molar-refractivity contribution in [1.82, 2.24) is 0 Å². The highest BCUT2D eigenvalue weighted by Gasteiger charge is 2.07. The molecule has 0 N–H and O–H groups in total. The molecule has 0 saturated carbocycles. The lowest BCUT2D eigenvalue weighted by Gasteiger charge is -2.10. The van der Waals surface area contributed by atoms with E-state index in [0.717, 1.165) is 5.56 Å². The van der Waals surface area contributed by atoms with Crippen LogP contribution >= 0.6 is 23.2 Å². The molecule has 118 valence electrons. The van der Waals surface area contributed by atoms with E-state index in [-0.39, 0.29) is 0 Å². The summed E-state index contributed by atoms with van der Waals surface area (Å²) in [7, 11) is 1.59. The first-order valence-electron chi connectivity index (χ1n) is 6.97. The lowest BCUT2D eigenvalue weighted by atomic mass is 10.0. The monoisotopic (exact) mass is 347 g/mol. The van der Waals surface area contributed by atoms with Crippen LogP contribution < -0.4 is 9.47 Å². The third kappa shape index (κ3) is 4.19. The van der Waals surface area contributed by atoms with Gasteiger partial charge in [0, 0.05) is 0 Å². The zero-order chi connectivity index (χ0) is 16.8. The molecular formula is C18H15Cl2NO2. The van der Waals surface area contributed by atoms with Crippen molar-refractivity contribution in [3.8, 4) is 17.6 Å². The Hall–Kier alpha value is -2.15. The average Bonchev–Trinajstić information content (AvgIpc) is 2.56. The van der Waals surface area contributed by atoms with E-state index < -0.39 is 0 Å². The van der Waals surface area contributed by atoms with Gasteiger partial charge in [-0.05, 0) is 48.4 Å². The zero-order valence-electron chi connectivity index (χ0n) is 12.8. The molecule has 0 fully saturated rings. The predicted molar refractivity (Wildman–Crippen MR) is 94.1 cm³/mol. The molecule has 0 bridgehead atoms. The number of nitrogens with zero attached hydrogens (tertiary/aromatic N) is 1. The van der Waals surface area contributed by atoms with Crippen LogP contribution in [-0.4, -0.2) is 13.7 Å². The quantitative estimate of drug-likeness (QED) is 0.532. The molecule has 0 aromatic heterocycles. The van der Waals surface area contributed by atoms with E-state index in [1.807, 2.05) is 19.1 Å². The molecule has 2 rings (SSSR count). The van der Waals surface area contributed by atoms with Crippen LogP contribution in [0.2, 0.25) is 10.0 Å². The summed E-state index contributed by atoms with van der Waals surface area (Å²) >= 11 is 11.9. The van der Waals surface area contributed by atoms with E-state index in [1.54, 1.807) is 37.5 Å². The van der Waals surface area contributed by atoms with Gasteiger partial charge in [-0.15, -0.1) is 0 Å². The topological polar surface area (TPSA) is 42.2 Å². The zero-order valence-corrected chi connectivity index (χ0v) is 14.3. The van der Waals surface area contributed by atoms with Gasteiger partial charge in [0.05, 0.1) is 35.4 Å². The van der Waals surface area contributed by atoms with Crippen molar-refractivity contribution in [2.45, 2.75) is 6.92 Å². The first kappa shape index (κ1) is 17.2. The van der Waals surface area contributed by atoms with Crippen molar-refractivity contribution >= 4 is 34.9 Å². The van der Waals surface area contributed by atoms with Gasteiger partial charge in [-0.25, -0.2) is 0 Å². The SMILES string of the molecule is CCOc1cc(/C=C(/C#N)c2ccc(Cl)c(Cl)c2)ccc1OC. The molecule has 0 aliphatic heterocycles. The lowest BCUT2D eigenvalue weighted by Crippen LogP contribution is -1.95. The normalized spacial score (nSPS) is 11.0. The van der Waals surface area contributed by atoms with Gasteiger partial charge in [-0.2, -0.15) is 5.26 Å². The summed E-state index contributed by atoms with van der Waals surface area (Å²) in [5.74, 6) is 1.28. The molecule has 2 aromatic rings. The largest absolute Gasteiger partial charge is 0.493 e. The molecule has 2 aromatic carbocycles.